The van der Waals surface area contributed by atoms with E-state index in [1.165, 1.54) is 12.1 Å². The third kappa shape index (κ3) is 6.27. The highest BCUT2D eigenvalue weighted by Gasteiger charge is 2.20. The Morgan fingerprint density at radius 3 is 2.57 bits per heavy atom. The minimum absolute atomic E-state index is 0.0545. The summed E-state index contributed by atoms with van der Waals surface area (Å²) in [4.78, 5) is 14.8. The molecule has 3 rings (SSSR count). The molecule has 156 valence electrons. The van der Waals surface area contributed by atoms with Gasteiger partial charge in [0, 0.05) is 10.4 Å². The van der Waals surface area contributed by atoms with E-state index < -0.39 is 0 Å². The fraction of sp³-hybridized carbons (Fsp3) is 0.208. The molecule has 6 heteroatoms. The third-order valence-corrected chi connectivity index (χ3v) is 5.53. The van der Waals surface area contributed by atoms with E-state index in [1.807, 2.05) is 48.8 Å². The largest absolute Gasteiger partial charge is 0.490 e. The zero-order chi connectivity index (χ0) is 21.3. The molecule has 30 heavy (non-hydrogen) atoms. The van der Waals surface area contributed by atoms with Gasteiger partial charge in [-0.3, -0.25) is 4.79 Å². The van der Waals surface area contributed by atoms with Crippen molar-refractivity contribution in [3.63, 3.8) is 0 Å². The number of thiophene rings is 1. The molecule has 0 saturated carbocycles. The third-order valence-electron chi connectivity index (χ3n) is 4.60. The molecule has 0 aliphatic rings. The van der Waals surface area contributed by atoms with E-state index in [1.54, 1.807) is 29.5 Å². The van der Waals surface area contributed by atoms with Crippen LogP contribution in [0.25, 0.3) is 0 Å². The topological polar surface area (TPSA) is 42.8 Å². The van der Waals surface area contributed by atoms with Gasteiger partial charge in [0.25, 0.3) is 5.91 Å². The maximum Gasteiger partial charge on any atom is 0.275 e. The number of rotatable bonds is 10. The Bertz CT molecular complexity index is 940. The number of likely N-dealkylation sites (N-methyl/N-ethyl adjacent to an activating group) is 1. The van der Waals surface area contributed by atoms with E-state index in [9.17, 15) is 9.18 Å². The summed E-state index contributed by atoms with van der Waals surface area (Å²) < 4.78 is 18.8. The molecule has 0 radical (unpaired) electrons. The van der Waals surface area contributed by atoms with Crippen molar-refractivity contribution in [3.05, 3.63) is 101 Å². The molecule has 0 spiro atoms. The lowest BCUT2D eigenvalue weighted by molar-refractivity contribution is -0.885. The van der Waals surface area contributed by atoms with Gasteiger partial charge in [-0.1, -0.05) is 30.9 Å². The Morgan fingerprint density at radius 2 is 1.93 bits per heavy atom. The molecule has 1 unspecified atom stereocenters. The molecule has 0 aliphatic heterocycles. The number of benzene rings is 2. The fourth-order valence-corrected chi connectivity index (χ4v) is 3.99. The van der Waals surface area contributed by atoms with Crippen LogP contribution in [0.4, 0.5) is 4.39 Å². The number of carbonyl (C=O) groups excluding carboxylic acids is 1. The lowest BCUT2D eigenvalue weighted by Crippen LogP contribution is -3.08. The summed E-state index contributed by atoms with van der Waals surface area (Å²) in [7, 11) is 1.99. The molecule has 1 heterocycles. The lowest BCUT2D eigenvalue weighted by Gasteiger charge is -2.20. The normalized spacial score (nSPS) is 12.7. The highest BCUT2D eigenvalue weighted by atomic mass is 32.1. The van der Waals surface area contributed by atoms with Crippen molar-refractivity contribution in [2.45, 2.75) is 12.6 Å². The molecule has 4 nitrogen and oxygen atoms in total. The van der Waals surface area contributed by atoms with Gasteiger partial charge in [0.1, 0.15) is 24.7 Å². The van der Waals surface area contributed by atoms with Crippen LogP contribution in [-0.4, -0.2) is 26.1 Å². The number of ether oxygens (including phenoxy) is 1. The second-order valence-corrected chi connectivity index (χ2v) is 8.10. The first kappa shape index (κ1) is 21.7. The Balaban J connectivity index is 1.59. The maximum absolute atomic E-state index is 13.3. The van der Waals surface area contributed by atoms with Crippen LogP contribution in [0.3, 0.4) is 0 Å². The second-order valence-electron chi connectivity index (χ2n) is 7.12. The van der Waals surface area contributed by atoms with Gasteiger partial charge in [-0.25, -0.2) is 4.39 Å². The molecular weight excluding hydrogens is 399 g/mol. The number of hydrogen-bond donors (Lipinski definition) is 2. The molecule has 2 N–H and O–H groups in total. The van der Waals surface area contributed by atoms with E-state index in [4.69, 9.17) is 4.74 Å². The Morgan fingerprint density at radius 1 is 1.20 bits per heavy atom. The van der Waals surface area contributed by atoms with Crippen molar-refractivity contribution in [1.82, 2.24) is 5.32 Å². The molecule has 1 aromatic heterocycles. The van der Waals surface area contributed by atoms with Gasteiger partial charge in [-0.15, -0.1) is 11.3 Å². The molecular formula is C24H26FN2O2S+. The van der Waals surface area contributed by atoms with E-state index in [-0.39, 0.29) is 17.8 Å². The molecule has 2 aromatic carbocycles. The molecule has 0 fully saturated rings. The molecule has 0 saturated heterocycles. The van der Waals surface area contributed by atoms with Crippen molar-refractivity contribution in [3.8, 4) is 5.75 Å². The molecule has 3 aromatic rings. The predicted molar refractivity (Wildman–Crippen MR) is 118 cm³/mol. The standard InChI is InChI=1S/C24H25FN2O2S/c1-3-14-29-21-12-6-18(7-13-21)16-27(2)17-23(28)26-24(22-5-4-15-30-22)19-8-10-20(25)11-9-19/h3-13,15,24H,1,14,16-17H2,2H3,(H,26,28)/p+1/t24-/m0/s1. The Hall–Kier alpha value is -2.96. The molecule has 0 bridgehead atoms. The van der Waals surface area contributed by atoms with Gasteiger partial charge in [0.2, 0.25) is 0 Å². The number of nitrogens with one attached hydrogen (secondary N) is 2. The Labute approximate surface area is 180 Å². The van der Waals surface area contributed by atoms with Crippen LogP contribution in [0, 0.1) is 5.82 Å². The van der Waals surface area contributed by atoms with Crippen molar-refractivity contribution < 1.29 is 18.8 Å². The van der Waals surface area contributed by atoms with Gasteiger partial charge in [0.05, 0.1) is 13.1 Å². The van der Waals surface area contributed by atoms with Crippen LogP contribution in [0.2, 0.25) is 0 Å². The van der Waals surface area contributed by atoms with E-state index in [0.29, 0.717) is 13.2 Å². The average Bonchev–Trinajstić information content (AvgIpc) is 3.27. The number of quaternary nitrogens is 1. The monoisotopic (exact) mass is 425 g/mol. The summed E-state index contributed by atoms with van der Waals surface area (Å²) in [6.45, 7) is 5.16. The van der Waals surface area contributed by atoms with Gasteiger partial charge in [-0.05, 0) is 53.4 Å². The molecule has 2 atom stereocenters. The van der Waals surface area contributed by atoms with E-state index >= 15 is 0 Å². The first-order valence-corrected chi connectivity index (χ1v) is 10.7. The molecule has 1 amide bonds. The highest BCUT2D eigenvalue weighted by Crippen LogP contribution is 2.26. The Kier molecular flexibility index (Phi) is 7.76. The van der Waals surface area contributed by atoms with Crippen LogP contribution in [-0.2, 0) is 11.3 Å². The average molecular weight is 426 g/mol. The quantitative estimate of drug-likeness (QED) is 0.489. The highest BCUT2D eigenvalue weighted by molar-refractivity contribution is 7.10. The zero-order valence-electron chi connectivity index (χ0n) is 16.9. The molecule has 0 aliphatic carbocycles. The fourth-order valence-electron chi connectivity index (χ4n) is 3.19. The zero-order valence-corrected chi connectivity index (χ0v) is 17.8. The van der Waals surface area contributed by atoms with Crippen LogP contribution >= 0.6 is 11.3 Å². The number of carbonyl (C=O) groups is 1. The first-order valence-electron chi connectivity index (χ1n) is 9.77. The first-order chi connectivity index (χ1) is 14.5. The van der Waals surface area contributed by atoms with Crippen molar-refractivity contribution in [1.29, 1.82) is 0 Å². The summed E-state index contributed by atoms with van der Waals surface area (Å²) in [6, 6.07) is 17.8. The number of halogens is 1. The lowest BCUT2D eigenvalue weighted by atomic mass is 10.1. The minimum Gasteiger partial charge on any atom is -0.490 e. The number of hydrogen-bond acceptors (Lipinski definition) is 3. The van der Waals surface area contributed by atoms with E-state index in [2.05, 4.69) is 11.9 Å². The van der Waals surface area contributed by atoms with Crippen LogP contribution < -0.4 is 15.0 Å². The van der Waals surface area contributed by atoms with Crippen LogP contribution in [0.1, 0.15) is 22.0 Å². The minimum atomic E-state index is -0.292. The van der Waals surface area contributed by atoms with Crippen LogP contribution in [0.5, 0.6) is 5.75 Å². The summed E-state index contributed by atoms with van der Waals surface area (Å²) in [5, 5.41) is 5.07. The summed E-state index contributed by atoms with van der Waals surface area (Å²) >= 11 is 1.57. The predicted octanol–water partition coefficient (Wildman–Crippen LogP) is 3.37. The van der Waals surface area contributed by atoms with Crippen LogP contribution in [0.15, 0.2) is 78.7 Å². The van der Waals surface area contributed by atoms with Gasteiger partial charge >= 0.3 is 0 Å². The second kappa shape index (κ2) is 10.7. The van der Waals surface area contributed by atoms with Crippen molar-refractivity contribution >= 4 is 17.2 Å². The maximum atomic E-state index is 13.3. The van der Waals surface area contributed by atoms with Gasteiger partial charge in [-0.2, -0.15) is 0 Å². The van der Waals surface area contributed by atoms with Gasteiger partial charge < -0.3 is 15.0 Å². The summed E-state index contributed by atoms with van der Waals surface area (Å²) in [5.74, 6) is 0.452. The number of amides is 1. The summed E-state index contributed by atoms with van der Waals surface area (Å²) in [5.41, 5.74) is 1.99. The van der Waals surface area contributed by atoms with Gasteiger partial charge in [0.15, 0.2) is 6.54 Å². The SMILES string of the molecule is C=CCOc1ccc(C[NH+](C)CC(=O)N[C@@H](c2ccc(F)cc2)c2cccs2)cc1. The van der Waals surface area contributed by atoms with Crippen molar-refractivity contribution in [2.75, 3.05) is 20.2 Å². The van der Waals surface area contributed by atoms with Crippen molar-refractivity contribution in [2.24, 2.45) is 0 Å². The van der Waals surface area contributed by atoms with E-state index in [0.717, 1.165) is 33.2 Å². The summed E-state index contributed by atoms with van der Waals surface area (Å²) in [6.07, 6.45) is 1.71. The smallest absolute Gasteiger partial charge is 0.275 e.